The van der Waals surface area contributed by atoms with E-state index in [1.54, 1.807) is 0 Å². The van der Waals surface area contributed by atoms with Gasteiger partial charge in [-0.25, -0.2) is 0 Å². The molecule has 2 unspecified atom stereocenters. The third-order valence-corrected chi connectivity index (χ3v) is 4.59. The van der Waals surface area contributed by atoms with Crippen molar-refractivity contribution in [1.82, 2.24) is 9.80 Å². The Kier molecular flexibility index (Phi) is 4.73. The smallest absolute Gasteiger partial charge is 0.333 e. The van der Waals surface area contributed by atoms with Gasteiger partial charge < -0.3 is 4.90 Å². The zero-order valence-electron chi connectivity index (χ0n) is 12.6. The monoisotopic (exact) mass is 334 g/mol. The molecule has 1 aliphatic rings. The number of carbonyl (C=O) groups excluding carboxylic acids is 1. The predicted molar refractivity (Wildman–Crippen MR) is 79.0 cm³/mol. The van der Waals surface area contributed by atoms with Crippen LogP contribution in [0.2, 0.25) is 5.02 Å². The fraction of sp³-hybridized carbons (Fsp3) is 0.533. The van der Waals surface area contributed by atoms with Crippen LogP contribution in [0.1, 0.15) is 29.8 Å². The maximum absolute atomic E-state index is 13.2. The van der Waals surface area contributed by atoms with E-state index in [-0.39, 0.29) is 22.7 Å². The molecule has 3 nitrogen and oxygen atoms in total. The van der Waals surface area contributed by atoms with Gasteiger partial charge in [0.05, 0.1) is 11.1 Å². The van der Waals surface area contributed by atoms with Crippen LogP contribution in [0, 0.1) is 0 Å². The Balaban J connectivity index is 2.38. The lowest BCUT2D eigenvalue weighted by Crippen LogP contribution is -2.57. The Morgan fingerprint density at radius 1 is 1.23 bits per heavy atom. The first-order valence-electron chi connectivity index (χ1n) is 7.01. The highest BCUT2D eigenvalue weighted by Gasteiger charge is 2.39. The molecule has 1 heterocycles. The number of piperazine rings is 1. The van der Waals surface area contributed by atoms with E-state index in [0.29, 0.717) is 13.1 Å². The van der Waals surface area contributed by atoms with Gasteiger partial charge in [-0.05, 0) is 39.1 Å². The van der Waals surface area contributed by atoms with Crippen LogP contribution >= 0.6 is 11.6 Å². The van der Waals surface area contributed by atoms with E-state index in [9.17, 15) is 18.0 Å². The summed E-state index contributed by atoms with van der Waals surface area (Å²) in [6.07, 6.45) is -4.61. The first-order chi connectivity index (χ1) is 10.1. The van der Waals surface area contributed by atoms with E-state index in [0.717, 1.165) is 12.1 Å². The molecule has 0 radical (unpaired) electrons. The van der Waals surface area contributed by atoms with Crippen molar-refractivity contribution in [3.8, 4) is 0 Å². The van der Waals surface area contributed by atoms with Gasteiger partial charge in [0, 0.05) is 30.2 Å². The molecule has 1 aromatic rings. The minimum absolute atomic E-state index is 0.0383. The summed E-state index contributed by atoms with van der Waals surface area (Å²) in [6.45, 7) is 4.84. The summed E-state index contributed by atoms with van der Waals surface area (Å²) in [5.74, 6) is -0.601. The zero-order valence-corrected chi connectivity index (χ0v) is 13.4. The average Bonchev–Trinajstić information content (AvgIpc) is 2.43. The van der Waals surface area contributed by atoms with Crippen molar-refractivity contribution in [3.63, 3.8) is 0 Å². The number of benzene rings is 1. The van der Waals surface area contributed by atoms with Gasteiger partial charge in [-0.1, -0.05) is 11.6 Å². The minimum atomic E-state index is -4.61. The van der Waals surface area contributed by atoms with Gasteiger partial charge in [-0.15, -0.1) is 0 Å². The lowest BCUT2D eigenvalue weighted by molar-refractivity contribution is -0.138. The highest BCUT2D eigenvalue weighted by atomic mass is 35.5. The lowest BCUT2D eigenvalue weighted by atomic mass is 10.0. The van der Waals surface area contributed by atoms with Crippen LogP contribution in [0.15, 0.2) is 18.2 Å². The Morgan fingerprint density at radius 2 is 1.86 bits per heavy atom. The lowest BCUT2D eigenvalue weighted by Gasteiger charge is -2.43. The van der Waals surface area contributed by atoms with E-state index in [2.05, 4.69) is 4.90 Å². The second kappa shape index (κ2) is 6.08. The summed E-state index contributed by atoms with van der Waals surface area (Å²) in [5, 5.41) is -0.0383. The molecular weight excluding hydrogens is 317 g/mol. The molecule has 1 saturated heterocycles. The maximum Gasteiger partial charge on any atom is 0.417 e. The van der Waals surface area contributed by atoms with Crippen molar-refractivity contribution >= 4 is 17.5 Å². The van der Waals surface area contributed by atoms with Crippen LogP contribution in [0.5, 0.6) is 0 Å². The normalized spacial score (nSPS) is 23.7. The number of likely N-dealkylation sites (N-methyl/N-ethyl adjacent to an activating group) is 1. The molecule has 0 bridgehead atoms. The highest BCUT2D eigenvalue weighted by Crippen LogP contribution is 2.35. The number of hydrogen-bond donors (Lipinski definition) is 0. The van der Waals surface area contributed by atoms with Crippen molar-refractivity contribution in [2.45, 2.75) is 32.1 Å². The number of rotatable bonds is 1. The van der Waals surface area contributed by atoms with Crippen molar-refractivity contribution in [2.24, 2.45) is 0 Å². The highest BCUT2D eigenvalue weighted by molar-refractivity contribution is 6.30. The topological polar surface area (TPSA) is 23.6 Å². The fourth-order valence-corrected chi connectivity index (χ4v) is 2.85. The van der Waals surface area contributed by atoms with Crippen LogP contribution in [-0.4, -0.2) is 47.9 Å². The second-order valence-electron chi connectivity index (χ2n) is 5.65. The Morgan fingerprint density at radius 3 is 2.45 bits per heavy atom. The summed E-state index contributed by atoms with van der Waals surface area (Å²) in [5.41, 5.74) is -1.33. The minimum Gasteiger partial charge on any atom is -0.333 e. The van der Waals surface area contributed by atoms with Gasteiger partial charge in [0.15, 0.2) is 0 Å². The van der Waals surface area contributed by atoms with E-state index < -0.39 is 17.6 Å². The molecule has 2 rings (SSSR count). The van der Waals surface area contributed by atoms with Crippen molar-refractivity contribution in [1.29, 1.82) is 0 Å². The summed E-state index contributed by atoms with van der Waals surface area (Å²) in [4.78, 5) is 16.2. The largest absolute Gasteiger partial charge is 0.417 e. The Bertz CT molecular complexity index is 576. The van der Waals surface area contributed by atoms with Gasteiger partial charge >= 0.3 is 6.18 Å². The Labute approximate surface area is 132 Å². The number of carbonyl (C=O) groups is 1. The van der Waals surface area contributed by atoms with E-state index in [1.807, 2.05) is 20.9 Å². The summed E-state index contributed by atoms with van der Waals surface area (Å²) < 4.78 is 39.5. The summed E-state index contributed by atoms with van der Waals surface area (Å²) >= 11 is 5.65. The van der Waals surface area contributed by atoms with Crippen molar-refractivity contribution in [3.05, 3.63) is 34.3 Å². The molecule has 0 aromatic heterocycles. The zero-order chi connectivity index (χ0) is 16.7. The van der Waals surface area contributed by atoms with E-state index >= 15 is 0 Å². The molecule has 7 heteroatoms. The molecule has 22 heavy (non-hydrogen) atoms. The number of halogens is 4. The van der Waals surface area contributed by atoms with Gasteiger partial charge in [0.1, 0.15) is 0 Å². The predicted octanol–water partition coefficient (Wildman–Crippen LogP) is 3.52. The van der Waals surface area contributed by atoms with Crippen LogP contribution in [0.4, 0.5) is 13.2 Å². The SMILES string of the molecule is CC1C(C)N(C(=O)c2ccc(Cl)cc2C(F)(F)F)CCN1C. The van der Waals surface area contributed by atoms with Crippen molar-refractivity contribution in [2.75, 3.05) is 20.1 Å². The maximum atomic E-state index is 13.2. The summed E-state index contributed by atoms with van der Waals surface area (Å²) in [6, 6.07) is 3.19. The number of alkyl halides is 3. The molecular formula is C15H18ClF3N2O. The van der Waals surface area contributed by atoms with E-state index in [1.165, 1.54) is 11.0 Å². The second-order valence-corrected chi connectivity index (χ2v) is 6.08. The van der Waals surface area contributed by atoms with Gasteiger partial charge in [0.25, 0.3) is 5.91 Å². The van der Waals surface area contributed by atoms with Crippen molar-refractivity contribution < 1.29 is 18.0 Å². The quantitative estimate of drug-likeness (QED) is 0.784. The van der Waals surface area contributed by atoms with Crippen LogP contribution < -0.4 is 0 Å². The molecule has 122 valence electrons. The third kappa shape index (κ3) is 3.22. The van der Waals surface area contributed by atoms with Gasteiger partial charge in [-0.2, -0.15) is 13.2 Å². The first-order valence-corrected chi connectivity index (χ1v) is 7.38. The van der Waals surface area contributed by atoms with Gasteiger partial charge in [-0.3, -0.25) is 9.69 Å². The molecule has 1 amide bonds. The van der Waals surface area contributed by atoms with E-state index in [4.69, 9.17) is 11.6 Å². The fourth-order valence-electron chi connectivity index (χ4n) is 2.68. The van der Waals surface area contributed by atoms with Crippen LogP contribution in [0.3, 0.4) is 0 Å². The number of hydrogen-bond acceptors (Lipinski definition) is 2. The molecule has 2 atom stereocenters. The third-order valence-electron chi connectivity index (χ3n) is 4.36. The molecule has 0 spiro atoms. The Hall–Kier alpha value is -1.27. The summed E-state index contributed by atoms with van der Waals surface area (Å²) in [7, 11) is 1.94. The number of amides is 1. The standard InChI is InChI=1S/C15H18ClF3N2O/c1-9-10(2)21(7-6-20(9)3)14(22)12-5-4-11(16)8-13(12)15(17,18)19/h4-5,8-10H,6-7H2,1-3H3. The average molecular weight is 335 g/mol. The molecule has 1 aliphatic heterocycles. The van der Waals surface area contributed by atoms with Crippen LogP contribution in [-0.2, 0) is 6.18 Å². The molecule has 1 aromatic carbocycles. The molecule has 1 fully saturated rings. The molecule has 0 N–H and O–H groups in total. The number of nitrogens with zero attached hydrogens (tertiary/aromatic N) is 2. The van der Waals surface area contributed by atoms with Crippen LogP contribution in [0.25, 0.3) is 0 Å². The van der Waals surface area contributed by atoms with Gasteiger partial charge in [0.2, 0.25) is 0 Å². The molecule has 0 aliphatic carbocycles. The molecule has 0 saturated carbocycles. The first kappa shape index (κ1) is 17.1.